The normalized spacial score (nSPS) is 11.5. The van der Waals surface area contributed by atoms with E-state index in [2.05, 4.69) is 15.6 Å². The first-order chi connectivity index (χ1) is 12.4. The van der Waals surface area contributed by atoms with Gasteiger partial charge in [0.25, 0.3) is 5.91 Å². The summed E-state index contributed by atoms with van der Waals surface area (Å²) in [5.41, 5.74) is 7.59. The molecular weight excluding hydrogens is 332 g/mol. The van der Waals surface area contributed by atoms with E-state index in [-0.39, 0.29) is 17.5 Å². The third-order valence-corrected chi connectivity index (χ3v) is 3.81. The van der Waals surface area contributed by atoms with Crippen LogP contribution in [0.2, 0.25) is 0 Å². The molecule has 0 aliphatic heterocycles. The molecule has 0 bridgehead atoms. The molecule has 138 valence electrons. The van der Waals surface area contributed by atoms with Crippen LogP contribution in [-0.2, 0) is 4.79 Å². The second-order valence-corrected chi connectivity index (χ2v) is 5.92. The molecule has 0 aliphatic rings. The van der Waals surface area contributed by atoms with Crippen molar-refractivity contribution in [1.82, 2.24) is 10.3 Å². The van der Waals surface area contributed by atoms with Gasteiger partial charge in [0.15, 0.2) is 0 Å². The molecule has 2 aromatic rings. The lowest BCUT2D eigenvalue weighted by atomic mass is 10.1. The summed E-state index contributed by atoms with van der Waals surface area (Å²) in [6.45, 7) is 3.87. The van der Waals surface area contributed by atoms with Crippen LogP contribution in [0.4, 0.5) is 5.69 Å². The maximum atomic E-state index is 12.1. The van der Waals surface area contributed by atoms with Gasteiger partial charge in [-0.3, -0.25) is 14.6 Å². The van der Waals surface area contributed by atoms with Gasteiger partial charge in [-0.25, -0.2) is 0 Å². The number of hydrogen-bond donors (Lipinski definition) is 3. The van der Waals surface area contributed by atoms with Crippen molar-refractivity contribution in [3.63, 3.8) is 0 Å². The fourth-order valence-electron chi connectivity index (χ4n) is 2.32. The van der Waals surface area contributed by atoms with Gasteiger partial charge in [-0.2, -0.15) is 0 Å². The second kappa shape index (κ2) is 8.96. The van der Waals surface area contributed by atoms with E-state index in [0.717, 1.165) is 12.0 Å². The molecule has 1 unspecified atom stereocenters. The Morgan fingerprint density at radius 3 is 2.73 bits per heavy atom. The van der Waals surface area contributed by atoms with Gasteiger partial charge in [-0.15, -0.1) is 0 Å². The van der Waals surface area contributed by atoms with E-state index in [9.17, 15) is 9.59 Å². The smallest absolute Gasteiger partial charge is 0.269 e. The highest BCUT2D eigenvalue weighted by molar-refractivity contribution is 5.95. The molecule has 0 aliphatic carbocycles. The summed E-state index contributed by atoms with van der Waals surface area (Å²) in [6.07, 6.45) is 2.97. The largest absolute Gasteiger partial charge is 0.457 e. The van der Waals surface area contributed by atoms with Gasteiger partial charge in [-0.05, 0) is 31.0 Å². The van der Waals surface area contributed by atoms with Gasteiger partial charge >= 0.3 is 0 Å². The number of amides is 2. The van der Waals surface area contributed by atoms with Crippen molar-refractivity contribution in [3.05, 3.63) is 47.8 Å². The van der Waals surface area contributed by atoms with E-state index in [1.165, 1.54) is 13.2 Å². The summed E-state index contributed by atoms with van der Waals surface area (Å²) in [5, 5.41) is 5.32. The van der Waals surface area contributed by atoms with Crippen LogP contribution in [0.15, 0.2) is 36.5 Å². The minimum absolute atomic E-state index is 0.229. The molecule has 0 saturated carbocycles. The number of nitrogens with zero attached hydrogens (tertiary/aromatic N) is 1. The highest BCUT2D eigenvalue weighted by Gasteiger charge is 2.13. The first-order valence-corrected chi connectivity index (χ1v) is 8.47. The zero-order valence-electron chi connectivity index (χ0n) is 15.2. The van der Waals surface area contributed by atoms with Crippen LogP contribution in [0.3, 0.4) is 0 Å². The van der Waals surface area contributed by atoms with E-state index in [4.69, 9.17) is 10.5 Å². The zero-order chi connectivity index (χ0) is 19.1. The number of anilines is 1. The molecule has 0 fully saturated rings. The molecule has 1 atom stereocenters. The fraction of sp³-hybridized carbons (Fsp3) is 0.316. The molecule has 4 N–H and O–H groups in total. The SMILES string of the molecule is CCCC(N)C(=O)Nc1ccc(C)c(Oc2ccnc(C(=O)NC)c2)c1. The van der Waals surface area contributed by atoms with Gasteiger partial charge in [0.1, 0.15) is 17.2 Å². The van der Waals surface area contributed by atoms with Gasteiger partial charge < -0.3 is 21.1 Å². The van der Waals surface area contributed by atoms with Crippen molar-refractivity contribution in [2.24, 2.45) is 5.73 Å². The topological polar surface area (TPSA) is 106 Å². The third kappa shape index (κ3) is 5.03. The van der Waals surface area contributed by atoms with E-state index < -0.39 is 6.04 Å². The highest BCUT2D eigenvalue weighted by Crippen LogP contribution is 2.28. The molecule has 26 heavy (non-hydrogen) atoms. The Morgan fingerprint density at radius 1 is 1.27 bits per heavy atom. The Bertz CT molecular complexity index is 792. The van der Waals surface area contributed by atoms with Crippen LogP contribution in [0.5, 0.6) is 11.5 Å². The number of carbonyl (C=O) groups is 2. The summed E-state index contributed by atoms with van der Waals surface area (Å²) >= 11 is 0. The number of aromatic nitrogens is 1. The lowest BCUT2D eigenvalue weighted by Gasteiger charge is -2.14. The number of nitrogens with two attached hydrogens (primary N) is 1. The molecule has 0 spiro atoms. The summed E-state index contributed by atoms with van der Waals surface area (Å²) in [5.74, 6) is 0.527. The van der Waals surface area contributed by atoms with Crippen molar-refractivity contribution in [2.75, 3.05) is 12.4 Å². The van der Waals surface area contributed by atoms with Crippen molar-refractivity contribution in [2.45, 2.75) is 32.7 Å². The monoisotopic (exact) mass is 356 g/mol. The van der Waals surface area contributed by atoms with Crippen LogP contribution in [-0.4, -0.2) is 29.9 Å². The minimum atomic E-state index is -0.541. The Hall–Kier alpha value is -2.93. The molecule has 1 aromatic carbocycles. The van der Waals surface area contributed by atoms with Gasteiger partial charge in [0, 0.05) is 31.1 Å². The Morgan fingerprint density at radius 2 is 2.04 bits per heavy atom. The average molecular weight is 356 g/mol. The molecule has 1 heterocycles. The zero-order valence-corrected chi connectivity index (χ0v) is 15.2. The lowest BCUT2D eigenvalue weighted by molar-refractivity contribution is -0.117. The minimum Gasteiger partial charge on any atom is -0.457 e. The number of rotatable bonds is 7. The van der Waals surface area contributed by atoms with Crippen molar-refractivity contribution < 1.29 is 14.3 Å². The maximum absolute atomic E-state index is 12.1. The Labute approximate surface area is 153 Å². The van der Waals surface area contributed by atoms with E-state index in [1.54, 1.807) is 24.3 Å². The molecule has 0 saturated heterocycles. The first kappa shape index (κ1) is 19.4. The second-order valence-electron chi connectivity index (χ2n) is 5.92. The maximum Gasteiger partial charge on any atom is 0.269 e. The quantitative estimate of drug-likeness (QED) is 0.707. The third-order valence-electron chi connectivity index (χ3n) is 3.81. The molecule has 1 aromatic heterocycles. The first-order valence-electron chi connectivity index (χ1n) is 8.47. The summed E-state index contributed by atoms with van der Waals surface area (Å²) in [7, 11) is 1.54. The van der Waals surface area contributed by atoms with E-state index in [0.29, 0.717) is 23.6 Å². The molecule has 2 rings (SSSR count). The van der Waals surface area contributed by atoms with Crippen LogP contribution in [0, 0.1) is 6.92 Å². The molecule has 0 radical (unpaired) electrons. The number of pyridine rings is 1. The van der Waals surface area contributed by atoms with Crippen LogP contribution in [0.25, 0.3) is 0 Å². The number of aryl methyl sites for hydroxylation is 1. The number of ether oxygens (including phenoxy) is 1. The summed E-state index contributed by atoms with van der Waals surface area (Å²) in [4.78, 5) is 27.8. The fourth-order valence-corrected chi connectivity index (χ4v) is 2.32. The van der Waals surface area contributed by atoms with Gasteiger partial charge in [-0.1, -0.05) is 19.4 Å². The number of benzene rings is 1. The van der Waals surface area contributed by atoms with Gasteiger partial charge in [0.05, 0.1) is 6.04 Å². The predicted octanol–water partition coefficient (Wildman–Crippen LogP) is 2.61. The Kier molecular flexibility index (Phi) is 6.68. The molecule has 2 amide bonds. The van der Waals surface area contributed by atoms with E-state index >= 15 is 0 Å². The summed E-state index contributed by atoms with van der Waals surface area (Å²) < 4.78 is 5.87. The van der Waals surface area contributed by atoms with Crippen LogP contribution in [0.1, 0.15) is 35.8 Å². The lowest BCUT2D eigenvalue weighted by Crippen LogP contribution is -2.35. The predicted molar refractivity (Wildman–Crippen MR) is 100 cm³/mol. The van der Waals surface area contributed by atoms with Crippen LogP contribution >= 0.6 is 0 Å². The number of hydrogen-bond acceptors (Lipinski definition) is 5. The van der Waals surface area contributed by atoms with Crippen molar-refractivity contribution in [1.29, 1.82) is 0 Å². The number of nitrogens with one attached hydrogen (secondary N) is 2. The molecular formula is C19H24N4O3. The highest BCUT2D eigenvalue weighted by atomic mass is 16.5. The summed E-state index contributed by atoms with van der Waals surface area (Å²) in [6, 6.07) is 8.04. The van der Waals surface area contributed by atoms with E-state index in [1.807, 2.05) is 19.9 Å². The van der Waals surface area contributed by atoms with Crippen molar-refractivity contribution >= 4 is 17.5 Å². The average Bonchev–Trinajstić information content (AvgIpc) is 2.64. The Balaban J connectivity index is 2.17. The van der Waals surface area contributed by atoms with Crippen molar-refractivity contribution in [3.8, 4) is 11.5 Å². The number of carbonyl (C=O) groups excluding carboxylic acids is 2. The molecule has 7 nitrogen and oxygen atoms in total. The standard InChI is InChI=1S/C19H24N4O3/c1-4-5-15(20)18(24)23-13-7-6-12(2)17(10-13)26-14-8-9-22-16(11-14)19(25)21-3/h6-11,15H,4-5,20H2,1-3H3,(H,21,25)(H,23,24). The van der Waals surface area contributed by atoms with Crippen LogP contribution < -0.4 is 21.1 Å². The van der Waals surface area contributed by atoms with Gasteiger partial charge in [0.2, 0.25) is 5.91 Å². The molecule has 7 heteroatoms.